The molecule has 0 unspecified atom stereocenters. The highest BCUT2D eigenvalue weighted by atomic mass is 19.1. The molecule has 1 atom stereocenters. The summed E-state index contributed by atoms with van der Waals surface area (Å²) in [7, 11) is 0. The van der Waals surface area contributed by atoms with Gasteiger partial charge in [0.25, 0.3) is 0 Å². The number of carbonyl (C=O) groups is 2. The van der Waals surface area contributed by atoms with Crippen LogP contribution in [0.25, 0.3) is 11.2 Å². The van der Waals surface area contributed by atoms with Crippen molar-refractivity contribution in [2.45, 2.75) is 31.8 Å². The van der Waals surface area contributed by atoms with E-state index in [1.54, 1.807) is 22.2 Å². The Morgan fingerprint density at radius 1 is 1.11 bits per heavy atom. The number of rotatable bonds is 6. The summed E-state index contributed by atoms with van der Waals surface area (Å²) in [4.78, 5) is 43.5. The van der Waals surface area contributed by atoms with E-state index in [1.165, 1.54) is 18.5 Å². The Morgan fingerprint density at radius 2 is 1.84 bits per heavy atom. The number of fused-ring (bicyclic) bond motifs is 1. The maximum Gasteiger partial charge on any atom is 0.246 e. The van der Waals surface area contributed by atoms with Gasteiger partial charge < -0.3 is 30.7 Å². The van der Waals surface area contributed by atoms with E-state index in [1.807, 2.05) is 11.5 Å². The molecule has 2 aliphatic rings. The molecule has 2 aromatic heterocycles. The van der Waals surface area contributed by atoms with Crippen molar-refractivity contribution < 1.29 is 14.0 Å². The highest BCUT2D eigenvalue weighted by molar-refractivity contribution is 5.89. The molecule has 1 aromatic carbocycles. The van der Waals surface area contributed by atoms with Crippen LogP contribution in [0.5, 0.6) is 0 Å². The molecule has 2 aliphatic heterocycles. The summed E-state index contributed by atoms with van der Waals surface area (Å²) in [5.41, 5.74) is 14.9. The lowest BCUT2D eigenvalue weighted by molar-refractivity contribution is -0.141. The highest BCUT2D eigenvalue weighted by Crippen LogP contribution is 2.34. The lowest BCUT2D eigenvalue weighted by atomic mass is 9.97. The van der Waals surface area contributed by atoms with Crippen LogP contribution in [0.1, 0.15) is 24.5 Å². The number of nitrogen functional groups attached to an aromatic ring is 1. The van der Waals surface area contributed by atoms with Crippen molar-refractivity contribution in [3.63, 3.8) is 0 Å². The molecule has 3 aromatic rings. The van der Waals surface area contributed by atoms with Gasteiger partial charge in [0.2, 0.25) is 11.8 Å². The highest BCUT2D eigenvalue weighted by Gasteiger charge is 2.44. The van der Waals surface area contributed by atoms with E-state index < -0.39 is 5.54 Å². The Kier molecular flexibility index (Phi) is 6.74. The Morgan fingerprint density at radius 3 is 2.55 bits per heavy atom. The van der Waals surface area contributed by atoms with Gasteiger partial charge in [0, 0.05) is 50.5 Å². The van der Waals surface area contributed by atoms with Gasteiger partial charge in [0.1, 0.15) is 23.2 Å². The molecule has 0 bridgehead atoms. The van der Waals surface area contributed by atoms with Gasteiger partial charge in [-0.1, -0.05) is 13.5 Å². The van der Waals surface area contributed by atoms with Crippen molar-refractivity contribution in [1.82, 2.24) is 29.3 Å². The van der Waals surface area contributed by atoms with Crippen LogP contribution >= 0.6 is 0 Å². The SMILES string of the molecule is C=CC(=O)N1CCN(C(=O)[C@@]2(N)CCN(c3ccc(F)c(CC)c3Cn3cnc4c(N)ncnc43)C2)CC1. The minimum Gasteiger partial charge on any atom is -0.382 e. The van der Waals surface area contributed by atoms with Crippen LogP contribution in [0, 0.1) is 5.82 Å². The molecule has 200 valence electrons. The Bertz CT molecular complexity index is 1400. The quantitative estimate of drug-likeness (QED) is 0.457. The third-order valence-corrected chi connectivity index (χ3v) is 7.58. The largest absolute Gasteiger partial charge is 0.382 e. The number of carbonyl (C=O) groups excluding carboxylic acids is 2. The molecule has 4 N–H and O–H groups in total. The van der Waals surface area contributed by atoms with Gasteiger partial charge in [-0.3, -0.25) is 9.59 Å². The Hall–Kier alpha value is -4.06. The summed E-state index contributed by atoms with van der Waals surface area (Å²) in [5, 5.41) is 0. The summed E-state index contributed by atoms with van der Waals surface area (Å²) in [6.07, 6.45) is 5.25. The third-order valence-electron chi connectivity index (χ3n) is 7.58. The minimum atomic E-state index is -1.08. The van der Waals surface area contributed by atoms with E-state index in [0.717, 1.165) is 11.3 Å². The Labute approximate surface area is 219 Å². The van der Waals surface area contributed by atoms with Gasteiger partial charge in [-0.25, -0.2) is 19.3 Å². The Balaban J connectivity index is 1.39. The van der Waals surface area contributed by atoms with Crippen molar-refractivity contribution in [2.24, 2.45) is 5.73 Å². The van der Waals surface area contributed by atoms with E-state index in [2.05, 4.69) is 26.4 Å². The number of hydrogen-bond donors (Lipinski definition) is 2. The van der Waals surface area contributed by atoms with Gasteiger partial charge in [0.05, 0.1) is 12.9 Å². The number of hydrogen-bond acceptors (Lipinski definition) is 8. The first-order valence-corrected chi connectivity index (χ1v) is 12.7. The fourth-order valence-electron chi connectivity index (χ4n) is 5.48. The predicted molar refractivity (Wildman–Crippen MR) is 142 cm³/mol. The van der Waals surface area contributed by atoms with Crippen LogP contribution in [0.2, 0.25) is 0 Å². The van der Waals surface area contributed by atoms with E-state index in [4.69, 9.17) is 11.5 Å². The van der Waals surface area contributed by atoms with Crippen molar-refractivity contribution >= 4 is 34.5 Å². The van der Waals surface area contributed by atoms with Gasteiger partial charge in [-0.15, -0.1) is 0 Å². The van der Waals surface area contributed by atoms with Crippen molar-refractivity contribution in [3.8, 4) is 0 Å². The standard InChI is InChI=1S/C26H32FN9O2/c1-3-17-18(13-36-16-32-22-23(28)30-15-31-24(22)36)20(6-5-19(17)27)35-8-7-26(29,14-35)25(38)34-11-9-33(10-12-34)21(37)4-2/h4-6,15-16H,2-3,7-14,29H2,1H3,(H2,28,30,31)/t26-/m1/s1. The number of nitrogens with two attached hydrogens (primary N) is 2. The number of aromatic nitrogens is 4. The first-order chi connectivity index (χ1) is 18.3. The molecular formula is C26H32FN9O2. The molecule has 38 heavy (non-hydrogen) atoms. The maximum atomic E-state index is 15.0. The van der Waals surface area contributed by atoms with Gasteiger partial charge in [-0.2, -0.15) is 0 Å². The lowest BCUT2D eigenvalue weighted by Crippen LogP contribution is -2.61. The number of amides is 2. The fourth-order valence-corrected chi connectivity index (χ4v) is 5.48. The smallest absolute Gasteiger partial charge is 0.246 e. The van der Waals surface area contributed by atoms with Crippen molar-refractivity contribution in [1.29, 1.82) is 0 Å². The molecule has 2 saturated heterocycles. The predicted octanol–water partition coefficient (Wildman–Crippen LogP) is 0.923. The molecular weight excluding hydrogens is 489 g/mol. The average molecular weight is 522 g/mol. The van der Waals surface area contributed by atoms with Crippen molar-refractivity contribution in [3.05, 3.63) is 54.4 Å². The molecule has 12 heteroatoms. The molecule has 2 amide bonds. The summed E-state index contributed by atoms with van der Waals surface area (Å²) >= 11 is 0. The number of halogens is 1. The van der Waals surface area contributed by atoms with E-state index in [-0.39, 0.29) is 23.4 Å². The summed E-state index contributed by atoms with van der Waals surface area (Å²) in [5.74, 6) is -0.268. The van der Waals surface area contributed by atoms with Crippen LogP contribution in [-0.2, 0) is 22.6 Å². The van der Waals surface area contributed by atoms with Crippen LogP contribution in [0.15, 0.2) is 37.4 Å². The number of piperazine rings is 1. The molecule has 0 saturated carbocycles. The van der Waals surface area contributed by atoms with Gasteiger partial charge >= 0.3 is 0 Å². The molecule has 5 rings (SSSR count). The average Bonchev–Trinajstić information content (AvgIpc) is 3.53. The second kappa shape index (κ2) is 10.0. The van der Waals surface area contributed by atoms with Crippen molar-refractivity contribution in [2.75, 3.05) is 49.9 Å². The lowest BCUT2D eigenvalue weighted by Gasteiger charge is -2.38. The molecule has 0 spiro atoms. The first-order valence-electron chi connectivity index (χ1n) is 12.7. The van der Waals surface area contributed by atoms with Crippen LogP contribution in [0.3, 0.4) is 0 Å². The zero-order chi connectivity index (χ0) is 27.0. The second-order valence-electron chi connectivity index (χ2n) is 9.83. The minimum absolute atomic E-state index is 0.127. The third kappa shape index (κ3) is 4.44. The number of nitrogens with zero attached hydrogens (tertiary/aromatic N) is 7. The molecule has 0 aliphatic carbocycles. The first kappa shape index (κ1) is 25.6. The number of imidazole rings is 1. The van der Waals surface area contributed by atoms with Crippen LogP contribution in [-0.4, -0.2) is 85.9 Å². The van der Waals surface area contributed by atoms with Gasteiger partial charge in [0.15, 0.2) is 11.5 Å². The van der Waals surface area contributed by atoms with Crippen LogP contribution < -0.4 is 16.4 Å². The summed E-state index contributed by atoms with van der Waals surface area (Å²) < 4.78 is 16.8. The summed E-state index contributed by atoms with van der Waals surface area (Å²) in [6.45, 7) is 8.38. The second-order valence-corrected chi connectivity index (χ2v) is 9.83. The van der Waals surface area contributed by atoms with E-state index in [9.17, 15) is 14.0 Å². The van der Waals surface area contributed by atoms with Gasteiger partial charge in [-0.05, 0) is 36.6 Å². The van der Waals surface area contributed by atoms with E-state index in [0.29, 0.717) is 75.4 Å². The topological polar surface area (TPSA) is 140 Å². The summed E-state index contributed by atoms with van der Waals surface area (Å²) in [6, 6.07) is 3.22. The maximum absolute atomic E-state index is 15.0. The zero-order valence-corrected chi connectivity index (χ0v) is 21.4. The monoisotopic (exact) mass is 521 g/mol. The normalized spacial score (nSPS) is 19.8. The fraction of sp³-hybridized carbons (Fsp3) is 0.423. The zero-order valence-electron chi connectivity index (χ0n) is 21.4. The number of anilines is 2. The molecule has 11 nitrogen and oxygen atoms in total. The molecule has 2 fully saturated rings. The number of benzene rings is 1. The van der Waals surface area contributed by atoms with E-state index >= 15 is 0 Å². The van der Waals surface area contributed by atoms with Crippen LogP contribution in [0.4, 0.5) is 15.9 Å². The molecule has 0 radical (unpaired) electrons. The molecule has 4 heterocycles.